The van der Waals surface area contributed by atoms with Crippen molar-refractivity contribution in [3.05, 3.63) is 75.4 Å². The van der Waals surface area contributed by atoms with Gasteiger partial charge in [0.15, 0.2) is 5.82 Å². The van der Waals surface area contributed by atoms with Gasteiger partial charge < -0.3 is 5.32 Å². The molecule has 1 amide bonds. The lowest BCUT2D eigenvalue weighted by Gasteiger charge is -2.04. The Morgan fingerprint density at radius 2 is 1.70 bits per heavy atom. The van der Waals surface area contributed by atoms with Crippen LogP contribution in [-0.4, -0.2) is 15.7 Å². The second-order valence-corrected chi connectivity index (χ2v) is 5.96. The van der Waals surface area contributed by atoms with Crippen molar-refractivity contribution in [2.24, 2.45) is 0 Å². The van der Waals surface area contributed by atoms with Gasteiger partial charge in [0.05, 0.1) is 15.7 Å². The molecular formula is C16H10Cl3N3O. The van der Waals surface area contributed by atoms with Crippen LogP contribution in [0.4, 0.5) is 5.82 Å². The largest absolute Gasteiger partial charge is 0.305 e. The van der Waals surface area contributed by atoms with E-state index >= 15 is 0 Å². The molecule has 1 aromatic heterocycles. The number of halogens is 3. The molecule has 4 nitrogen and oxygen atoms in total. The zero-order valence-corrected chi connectivity index (χ0v) is 13.9. The molecule has 1 N–H and O–H groups in total. The molecular weight excluding hydrogens is 357 g/mol. The van der Waals surface area contributed by atoms with Crippen LogP contribution in [0.2, 0.25) is 15.1 Å². The van der Waals surface area contributed by atoms with E-state index in [9.17, 15) is 4.79 Å². The van der Waals surface area contributed by atoms with Crippen LogP contribution in [-0.2, 0) is 0 Å². The molecule has 0 fully saturated rings. The summed E-state index contributed by atoms with van der Waals surface area (Å²) in [6, 6.07) is 13.5. The van der Waals surface area contributed by atoms with Crippen molar-refractivity contribution in [2.75, 3.05) is 5.32 Å². The van der Waals surface area contributed by atoms with Gasteiger partial charge in [0.2, 0.25) is 0 Å². The molecule has 0 atom stereocenters. The fraction of sp³-hybridized carbons (Fsp3) is 0. The Morgan fingerprint density at radius 1 is 0.957 bits per heavy atom. The van der Waals surface area contributed by atoms with Gasteiger partial charge in [-0.1, -0.05) is 34.8 Å². The van der Waals surface area contributed by atoms with E-state index in [4.69, 9.17) is 34.8 Å². The molecule has 0 saturated carbocycles. The monoisotopic (exact) mass is 365 g/mol. The lowest BCUT2D eigenvalue weighted by atomic mass is 10.2. The number of carbonyl (C=O) groups is 1. The maximum Gasteiger partial charge on any atom is 0.256 e. The Hall–Kier alpha value is -2.01. The maximum absolute atomic E-state index is 12.1. The van der Waals surface area contributed by atoms with E-state index in [1.807, 2.05) is 0 Å². The lowest BCUT2D eigenvalue weighted by Crippen LogP contribution is -2.12. The summed E-state index contributed by atoms with van der Waals surface area (Å²) in [5.41, 5.74) is 1.24. The number of hydrogen-bond donors (Lipinski definition) is 1. The fourth-order valence-corrected chi connectivity index (χ4v) is 2.37. The first-order valence-corrected chi connectivity index (χ1v) is 7.74. The molecule has 7 heteroatoms. The molecule has 0 bridgehead atoms. The van der Waals surface area contributed by atoms with Crippen molar-refractivity contribution in [2.45, 2.75) is 0 Å². The van der Waals surface area contributed by atoms with Gasteiger partial charge in [-0.15, -0.1) is 0 Å². The highest BCUT2D eigenvalue weighted by Crippen LogP contribution is 2.24. The van der Waals surface area contributed by atoms with E-state index in [2.05, 4.69) is 10.4 Å². The summed E-state index contributed by atoms with van der Waals surface area (Å²) in [7, 11) is 0. The molecule has 116 valence electrons. The predicted molar refractivity (Wildman–Crippen MR) is 93.0 cm³/mol. The van der Waals surface area contributed by atoms with Gasteiger partial charge in [-0.2, -0.15) is 5.10 Å². The number of anilines is 1. The standard InChI is InChI=1S/C16H10Cl3N3O/c17-11-3-1-10(2-4-11)16(23)20-15-7-8-22(21-15)12-5-6-13(18)14(19)9-12/h1-9H,(H,20,21,23). The topological polar surface area (TPSA) is 46.9 Å². The van der Waals surface area contributed by atoms with E-state index < -0.39 is 0 Å². The molecule has 0 unspecified atom stereocenters. The number of benzene rings is 2. The van der Waals surface area contributed by atoms with Crippen molar-refractivity contribution < 1.29 is 4.79 Å². The normalized spacial score (nSPS) is 10.6. The number of carbonyl (C=O) groups excluding carboxylic acids is 1. The summed E-state index contributed by atoms with van der Waals surface area (Å²) in [5.74, 6) is 0.164. The zero-order chi connectivity index (χ0) is 16.4. The minimum absolute atomic E-state index is 0.263. The summed E-state index contributed by atoms with van der Waals surface area (Å²) < 4.78 is 1.60. The minimum Gasteiger partial charge on any atom is -0.305 e. The zero-order valence-electron chi connectivity index (χ0n) is 11.6. The van der Waals surface area contributed by atoms with Gasteiger partial charge in [-0.3, -0.25) is 4.79 Å². The quantitative estimate of drug-likeness (QED) is 0.702. The molecule has 0 aliphatic heterocycles. The van der Waals surface area contributed by atoms with Gasteiger partial charge in [-0.25, -0.2) is 4.68 Å². The Bertz CT molecular complexity index is 859. The van der Waals surface area contributed by atoms with Crippen LogP contribution < -0.4 is 5.32 Å². The van der Waals surface area contributed by atoms with E-state index in [1.54, 1.807) is 59.4 Å². The van der Waals surface area contributed by atoms with Crippen molar-refractivity contribution in [3.8, 4) is 5.69 Å². The molecule has 3 rings (SSSR count). The third-order valence-corrected chi connectivity index (χ3v) is 4.10. The number of aromatic nitrogens is 2. The first-order valence-electron chi connectivity index (χ1n) is 6.61. The Morgan fingerprint density at radius 3 is 2.39 bits per heavy atom. The van der Waals surface area contributed by atoms with Crippen molar-refractivity contribution in [3.63, 3.8) is 0 Å². The predicted octanol–water partition coefficient (Wildman–Crippen LogP) is 5.08. The number of hydrogen-bond acceptors (Lipinski definition) is 2. The number of nitrogens with zero attached hydrogens (tertiary/aromatic N) is 2. The summed E-state index contributed by atoms with van der Waals surface area (Å²) in [6.45, 7) is 0. The second kappa shape index (κ2) is 6.62. The van der Waals surface area contributed by atoms with Crippen molar-refractivity contribution >= 4 is 46.5 Å². The Balaban J connectivity index is 1.77. The molecule has 0 aliphatic carbocycles. The van der Waals surface area contributed by atoms with E-state index in [0.717, 1.165) is 5.69 Å². The number of nitrogens with one attached hydrogen (secondary N) is 1. The van der Waals surface area contributed by atoms with Crippen molar-refractivity contribution in [1.82, 2.24) is 9.78 Å². The van der Waals surface area contributed by atoms with E-state index in [1.165, 1.54) is 0 Å². The van der Waals surface area contributed by atoms with Crippen LogP contribution in [0.1, 0.15) is 10.4 Å². The van der Waals surface area contributed by atoms with Crippen LogP contribution >= 0.6 is 34.8 Å². The Labute approximate surface area is 147 Å². The lowest BCUT2D eigenvalue weighted by molar-refractivity contribution is 0.102. The third-order valence-electron chi connectivity index (χ3n) is 3.10. The van der Waals surface area contributed by atoms with Crippen LogP contribution in [0.15, 0.2) is 54.7 Å². The van der Waals surface area contributed by atoms with Crippen LogP contribution in [0.25, 0.3) is 5.69 Å². The average Bonchev–Trinajstić information content (AvgIpc) is 2.99. The molecule has 3 aromatic rings. The van der Waals surface area contributed by atoms with Gasteiger partial charge >= 0.3 is 0 Å². The van der Waals surface area contributed by atoms with Gasteiger partial charge in [0.25, 0.3) is 5.91 Å². The third kappa shape index (κ3) is 3.67. The number of amides is 1. The van der Waals surface area contributed by atoms with Gasteiger partial charge in [0.1, 0.15) is 0 Å². The van der Waals surface area contributed by atoms with Crippen LogP contribution in [0.3, 0.4) is 0 Å². The number of rotatable bonds is 3. The summed E-state index contributed by atoms with van der Waals surface area (Å²) >= 11 is 17.7. The first kappa shape index (κ1) is 15.9. The molecule has 1 heterocycles. The average molecular weight is 367 g/mol. The highest BCUT2D eigenvalue weighted by atomic mass is 35.5. The highest BCUT2D eigenvalue weighted by molar-refractivity contribution is 6.42. The maximum atomic E-state index is 12.1. The van der Waals surface area contributed by atoms with Gasteiger partial charge in [-0.05, 0) is 42.5 Å². The molecule has 23 heavy (non-hydrogen) atoms. The summed E-state index contributed by atoms with van der Waals surface area (Å²) in [6.07, 6.45) is 1.72. The second-order valence-electron chi connectivity index (χ2n) is 4.70. The first-order chi connectivity index (χ1) is 11.0. The smallest absolute Gasteiger partial charge is 0.256 e. The van der Waals surface area contributed by atoms with E-state index in [0.29, 0.717) is 26.4 Å². The fourth-order valence-electron chi connectivity index (χ4n) is 1.95. The van der Waals surface area contributed by atoms with Crippen LogP contribution in [0.5, 0.6) is 0 Å². The SMILES string of the molecule is O=C(Nc1ccn(-c2ccc(Cl)c(Cl)c2)n1)c1ccc(Cl)cc1. The van der Waals surface area contributed by atoms with Crippen molar-refractivity contribution in [1.29, 1.82) is 0 Å². The van der Waals surface area contributed by atoms with E-state index in [-0.39, 0.29) is 5.91 Å². The minimum atomic E-state index is -0.263. The van der Waals surface area contributed by atoms with Crippen LogP contribution in [0, 0.1) is 0 Å². The molecule has 2 aromatic carbocycles. The Kier molecular flexibility index (Phi) is 4.57. The highest BCUT2D eigenvalue weighted by Gasteiger charge is 2.09. The molecule has 0 radical (unpaired) electrons. The molecule has 0 aliphatic rings. The summed E-state index contributed by atoms with van der Waals surface area (Å²) in [5, 5.41) is 8.49. The molecule has 0 spiro atoms. The van der Waals surface area contributed by atoms with Gasteiger partial charge in [0, 0.05) is 22.8 Å². The molecule has 0 saturated heterocycles. The summed E-state index contributed by atoms with van der Waals surface area (Å²) in [4.78, 5) is 12.1.